The topological polar surface area (TPSA) is 105 Å². The largest absolute Gasteiger partial charge is 0.478 e. The van der Waals surface area contributed by atoms with Gasteiger partial charge < -0.3 is 10.1 Å². The highest BCUT2D eigenvalue weighted by atomic mass is 16.4. The number of rotatable bonds is 2. The number of hydrogen-bond donors (Lipinski definition) is 2. The SMILES string of the molecule is O=C(O)c1cnc2nc(-c3ccnnc3)[nH]c2c1. The monoisotopic (exact) mass is 241 g/mol. The van der Waals surface area contributed by atoms with Crippen LogP contribution in [0.3, 0.4) is 0 Å². The molecule has 0 radical (unpaired) electrons. The molecule has 0 bridgehead atoms. The second kappa shape index (κ2) is 3.88. The second-order valence-corrected chi connectivity index (χ2v) is 3.62. The first kappa shape index (κ1) is 10.3. The molecule has 0 spiro atoms. The minimum atomic E-state index is -1.02. The van der Waals surface area contributed by atoms with E-state index in [1.807, 2.05) is 0 Å². The van der Waals surface area contributed by atoms with Gasteiger partial charge in [-0.1, -0.05) is 0 Å². The summed E-state index contributed by atoms with van der Waals surface area (Å²) < 4.78 is 0. The number of aromatic carboxylic acids is 1. The third-order valence-electron chi connectivity index (χ3n) is 2.44. The highest BCUT2D eigenvalue weighted by Crippen LogP contribution is 2.18. The van der Waals surface area contributed by atoms with E-state index in [9.17, 15) is 4.79 Å². The number of fused-ring (bicyclic) bond motifs is 1. The zero-order valence-electron chi connectivity index (χ0n) is 9.03. The number of aromatic amines is 1. The number of nitrogens with one attached hydrogen (secondary N) is 1. The lowest BCUT2D eigenvalue weighted by Crippen LogP contribution is -1.96. The van der Waals surface area contributed by atoms with Crippen LogP contribution in [0.5, 0.6) is 0 Å². The van der Waals surface area contributed by atoms with Gasteiger partial charge in [0, 0.05) is 11.8 Å². The summed E-state index contributed by atoms with van der Waals surface area (Å²) in [6.45, 7) is 0. The Morgan fingerprint density at radius 2 is 2.17 bits per heavy atom. The smallest absolute Gasteiger partial charge is 0.337 e. The van der Waals surface area contributed by atoms with Gasteiger partial charge in [-0.05, 0) is 12.1 Å². The van der Waals surface area contributed by atoms with E-state index in [4.69, 9.17) is 5.11 Å². The Kier molecular flexibility index (Phi) is 2.23. The molecule has 3 heterocycles. The van der Waals surface area contributed by atoms with Crippen molar-refractivity contribution in [2.45, 2.75) is 0 Å². The fourth-order valence-electron chi connectivity index (χ4n) is 1.58. The molecule has 7 heteroatoms. The van der Waals surface area contributed by atoms with Crippen molar-refractivity contribution in [3.63, 3.8) is 0 Å². The van der Waals surface area contributed by atoms with Gasteiger partial charge in [0.1, 0.15) is 5.82 Å². The van der Waals surface area contributed by atoms with Crippen LogP contribution < -0.4 is 0 Å². The zero-order chi connectivity index (χ0) is 12.5. The third-order valence-corrected chi connectivity index (χ3v) is 2.44. The van der Waals surface area contributed by atoms with Crippen LogP contribution in [0.2, 0.25) is 0 Å². The highest BCUT2D eigenvalue weighted by Gasteiger charge is 2.09. The molecule has 2 N–H and O–H groups in total. The molecule has 0 saturated carbocycles. The number of pyridine rings is 1. The van der Waals surface area contributed by atoms with Crippen LogP contribution in [0.4, 0.5) is 0 Å². The number of carbonyl (C=O) groups is 1. The van der Waals surface area contributed by atoms with Gasteiger partial charge in [0.2, 0.25) is 0 Å². The van der Waals surface area contributed by atoms with Crippen LogP contribution in [0.25, 0.3) is 22.6 Å². The lowest BCUT2D eigenvalue weighted by Gasteiger charge is -1.92. The maximum Gasteiger partial charge on any atom is 0.337 e. The molecule has 88 valence electrons. The molecule has 3 aromatic rings. The molecular formula is C11H7N5O2. The summed E-state index contributed by atoms with van der Waals surface area (Å²) in [4.78, 5) is 22.1. The molecule has 0 saturated heterocycles. The Hall–Kier alpha value is -2.83. The van der Waals surface area contributed by atoms with Crippen molar-refractivity contribution in [1.82, 2.24) is 25.1 Å². The maximum atomic E-state index is 10.8. The van der Waals surface area contributed by atoms with Gasteiger partial charge >= 0.3 is 5.97 Å². The van der Waals surface area contributed by atoms with Crippen LogP contribution in [-0.2, 0) is 0 Å². The number of aromatic nitrogens is 5. The Morgan fingerprint density at radius 3 is 2.89 bits per heavy atom. The summed E-state index contributed by atoms with van der Waals surface area (Å²) >= 11 is 0. The first-order valence-corrected chi connectivity index (χ1v) is 5.10. The van der Waals surface area contributed by atoms with Gasteiger partial charge in [0.15, 0.2) is 5.65 Å². The summed E-state index contributed by atoms with van der Waals surface area (Å²) in [6, 6.07) is 3.25. The predicted molar refractivity (Wildman–Crippen MR) is 61.9 cm³/mol. The predicted octanol–water partition coefficient (Wildman–Crippen LogP) is 1.11. The van der Waals surface area contributed by atoms with E-state index in [1.165, 1.54) is 12.3 Å². The van der Waals surface area contributed by atoms with Crippen molar-refractivity contribution in [2.24, 2.45) is 0 Å². The van der Waals surface area contributed by atoms with Crippen LogP contribution >= 0.6 is 0 Å². The minimum Gasteiger partial charge on any atom is -0.478 e. The maximum absolute atomic E-state index is 10.8. The Morgan fingerprint density at radius 1 is 1.28 bits per heavy atom. The average Bonchev–Trinajstić information content (AvgIpc) is 2.82. The fourth-order valence-corrected chi connectivity index (χ4v) is 1.58. The summed E-state index contributed by atoms with van der Waals surface area (Å²) in [5, 5.41) is 16.3. The standard InChI is InChI=1S/C11H7N5O2/c17-11(18)7-3-8-10(12-4-7)16-9(15-8)6-1-2-13-14-5-6/h1-5H,(H,17,18)(H,12,15,16). The van der Waals surface area contributed by atoms with Crippen molar-refractivity contribution in [2.75, 3.05) is 0 Å². The number of hydrogen-bond acceptors (Lipinski definition) is 5. The summed E-state index contributed by atoms with van der Waals surface area (Å²) in [7, 11) is 0. The third kappa shape index (κ3) is 1.67. The van der Waals surface area contributed by atoms with Crippen molar-refractivity contribution in [1.29, 1.82) is 0 Å². The van der Waals surface area contributed by atoms with Crippen LogP contribution in [0, 0.1) is 0 Å². The molecule has 0 aromatic carbocycles. The molecule has 0 atom stereocenters. The summed E-state index contributed by atoms with van der Waals surface area (Å²) in [5.41, 5.74) is 1.92. The normalized spacial score (nSPS) is 10.7. The number of carboxylic acid groups (broad SMARTS) is 1. The van der Waals surface area contributed by atoms with Gasteiger partial charge in [-0.15, -0.1) is 0 Å². The summed E-state index contributed by atoms with van der Waals surface area (Å²) in [6.07, 6.45) is 4.40. The van der Waals surface area contributed by atoms with Gasteiger partial charge in [0.05, 0.1) is 23.5 Å². The van der Waals surface area contributed by atoms with Gasteiger partial charge in [-0.25, -0.2) is 14.8 Å². The lowest BCUT2D eigenvalue weighted by molar-refractivity contribution is 0.0696. The van der Waals surface area contributed by atoms with Gasteiger partial charge in [0.25, 0.3) is 0 Å². The molecule has 0 aliphatic carbocycles. The number of H-pyrrole nitrogens is 1. The fraction of sp³-hybridized carbons (Fsp3) is 0. The van der Waals surface area contributed by atoms with E-state index in [1.54, 1.807) is 18.5 Å². The van der Waals surface area contributed by atoms with E-state index in [0.29, 0.717) is 17.0 Å². The highest BCUT2D eigenvalue weighted by molar-refractivity contribution is 5.91. The molecular weight excluding hydrogens is 234 g/mol. The molecule has 0 aliphatic heterocycles. The zero-order valence-corrected chi connectivity index (χ0v) is 9.03. The van der Waals surface area contributed by atoms with E-state index in [-0.39, 0.29) is 5.56 Å². The Labute approximate surface area is 101 Å². The molecule has 3 rings (SSSR count). The van der Waals surface area contributed by atoms with Gasteiger partial charge in [-0.3, -0.25) is 0 Å². The average molecular weight is 241 g/mol. The Balaban J connectivity index is 2.14. The first-order valence-electron chi connectivity index (χ1n) is 5.10. The van der Waals surface area contributed by atoms with Crippen molar-refractivity contribution in [3.05, 3.63) is 36.3 Å². The molecule has 0 fully saturated rings. The Bertz CT molecular complexity index is 723. The van der Waals surface area contributed by atoms with Crippen LogP contribution in [-0.4, -0.2) is 36.2 Å². The summed E-state index contributed by atoms with van der Waals surface area (Å²) in [5.74, 6) is -0.443. The van der Waals surface area contributed by atoms with E-state index >= 15 is 0 Å². The van der Waals surface area contributed by atoms with E-state index in [2.05, 4.69) is 25.1 Å². The lowest BCUT2D eigenvalue weighted by atomic mass is 10.3. The molecule has 3 aromatic heterocycles. The van der Waals surface area contributed by atoms with E-state index < -0.39 is 5.97 Å². The molecule has 18 heavy (non-hydrogen) atoms. The van der Waals surface area contributed by atoms with Crippen molar-refractivity contribution >= 4 is 17.1 Å². The van der Waals surface area contributed by atoms with Gasteiger partial charge in [-0.2, -0.15) is 10.2 Å². The van der Waals surface area contributed by atoms with Crippen molar-refractivity contribution in [3.8, 4) is 11.4 Å². The van der Waals surface area contributed by atoms with Crippen molar-refractivity contribution < 1.29 is 9.90 Å². The first-order chi connectivity index (χ1) is 8.74. The molecule has 0 amide bonds. The number of carboxylic acids is 1. The quantitative estimate of drug-likeness (QED) is 0.696. The molecule has 0 aliphatic rings. The van der Waals surface area contributed by atoms with Crippen LogP contribution in [0.15, 0.2) is 30.7 Å². The molecule has 0 unspecified atom stereocenters. The van der Waals surface area contributed by atoms with Crippen LogP contribution in [0.1, 0.15) is 10.4 Å². The van der Waals surface area contributed by atoms with E-state index in [0.717, 1.165) is 5.56 Å². The second-order valence-electron chi connectivity index (χ2n) is 3.62. The number of imidazole rings is 1. The minimum absolute atomic E-state index is 0.116. The molecule has 7 nitrogen and oxygen atoms in total. The number of nitrogens with zero attached hydrogens (tertiary/aromatic N) is 4.